The quantitative estimate of drug-likeness (QED) is 0.592. The molecule has 34 heavy (non-hydrogen) atoms. The summed E-state index contributed by atoms with van der Waals surface area (Å²) in [5.41, 5.74) is -0.754. The first kappa shape index (κ1) is 22.4. The molecule has 2 saturated heterocycles. The fourth-order valence-electron chi connectivity index (χ4n) is 5.45. The van der Waals surface area contributed by atoms with Gasteiger partial charge < -0.3 is 4.90 Å². The Morgan fingerprint density at radius 1 is 0.882 bits per heavy atom. The molecule has 0 bridgehead atoms. The average molecular weight is 468 g/mol. The molecule has 3 aliphatic rings. The molecule has 0 spiro atoms. The van der Waals surface area contributed by atoms with Crippen LogP contribution in [0.1, 0.15) is 43.5 Å². The number of anilines is 1. The van der Waals surface area contributed by atoms with Crippen molar-refractivity contribution in [2.24, 2.45) is 17.3 Å². The van der Waals surface area contributed by atoms with Crippen LogP contribution < -0.4 is 4.90 Å². The van der Waals surface area contributed by atoms with Gasteiger partial charge in [-0.3, -0.25) is 14.4 Å². The summed E-state index contributed by atoms with van der Waals surface area (Å²) in [7, 11) is 0. The number of fused-ring (bicyclic) bond motifs is 5. The molecule has 5 nitrogen and oxygen atoms in total. The number of benzene rings is 2. The number of carbonyl (C=O) groups excluding carboxylic acids is 3. The minimum absolute atomic E-state index is 0.235. The van der Waals surface area contributed by atoms with Gasteiger partial charge in [-0.15, -0.1) is 0 Å². The largest absolute Gasteiger partial charge is 0.418 e. The zero-order valence-corrected chi connectivity index (χ0v) is 18.8. The second kappa shape index (κ2) is 7.29. The van der Waals surface area contributed by atoms with Crippen LogP contribution in [0.15, 0.2) is 54.7 Å². The van der Waals surface area contributed by atoms with Crippen LogP contribution in [0.4, 0.5) is 18.9 Å². The fourth-order valence-corrected chi connectivity index (χ4v) is 5.45. The smallest absolute Gasteiger partial charge is 0.359 e. The number of rotatable bonds is 2. The van der Waals surface area contributed by atoms with E-state index in [1.165, 1.54) is 12.1 Å². The Balaban J connectivity index is 1.69. The van der Waals surface area contributed by atoms with E-state index in [0.29, 0.717) is 4.90 Å². The third kappa shape index (κ3) is 3.11. The maximum Gasteiger partial charge on any atom is 0.418 e. The highest BCUT2D eigenvalue weighted by Gasteiger charge is 2.65. The third-order valence-corrected chi connectivity index (χ3v) is 6.92. The Bertz CT molecular complexity index is 1240. The van der Waals surface area contributed by atoms with Crippen LogP contribution >= 0.6 is 0 Å². The molecule has 0 saturated carbocycles. The lowest BCUT2D eigenvalue weighted by Gasteiger charge is -2.37. The Hall–Kier alpha value is -3.42. The van der Waals surface area contributed by atoms with E-state index in [0.717, 1.165) is 23.3 Å². The second-order valence-corrected chi connectivity index (χ2v) is 9.97. The van der Waals surface area contributed by atoms with Crippen LogP contribution in [-0.2, 0) is 20.6 Å². The zero-order valence-electron chi connectivity index (χ0n) is 18.8. The van der Waals surface area contributed by atoms with Crippen LogP contribution in [0.5, 0.6) is 0 Å². The van der Waals surface area contributed by atoms with E-state index in [-0.39, 0.29) is 5.78 Å². The highest BCUT2D eigenvalue weighted by Crippen LogP contribution is 2.55. The van der Waals surface area contributed by atoms with Crippen molar-refractivity contribution in [2.75, 3.05) is 4.90 Å². The summed E-state index contributed by atoms with van der Waals surface area (Å²) < 4.78 is 41.3. The molecule has 5 rings (SSSR count). The monoisotopic (exact) mass is 468 g/mol. The van der Waals surface area contributed by atoms with E-state index in [4.69, 9.17) is 0 Å². The number of Topliss-reactive ketones (excluding diaryl/α,β-unsaturated/α-hetero) is 1. The van der Waals surface area contributed by atoms with Gasteiger partial charge in [0, 0.05) is 11.6 Å². The van der Waals surface area contributed by atoms with Gasteiger partial charge in [0.05, 0.1) is 29.1 Å². The first-order valence-corrected chi connectivity index (χ1v) is 11.1. The first-order chi connectivity index (χ1) is 15.9. The summed E-state index contributed by atoms with van der Waals surface area (Å²) in [6, 6.07) is 10.3. The fraction of sp³-hybridized carbons (Fsp3) is 0.346. The maximum absolute atomic E-state index is 13.8. The summed E-state index contributed by atoms with van der Waals surface area (Å²) in [5, 5.41) is 0. The van der Waals surface area contributed by atoms with Gasteiger partial charge in [0.15, 0.2) is 5.78 Å². The summed E-state index contributed by atoms with van der Waals surface area (Å²) >= 11 is 0. The predicted molar refractivity (Wildman–Crippen MR) is 119 cm³/mol. The van der Waals surface area contributed by atoms with E-state index in [1.807, 2.05) is 30.3 Å². The van der Waals surface area contributed by atoms with Gasteiger partial charge in [0.1, 0.15) is 6.04 Å². The highest BCUT2D eigenvalue weighted by atomic mass is 19.4. The van der Waals surface area contributed by atoms with Crippen LogP contribution in [0, 0.1) is 17.3 Å². The van der Waals surface area contributed by atoms with Crippen LogP contribution in [0.3, 0.4) is 0 Å². The molecule has 0 radical (unpaired) electrons. The number of alkyl halides is 3. The van der Waals surface area contributed by atoms with Gasteiger partial charge in [-0.25, -0.2) is 4.90 Å². The molecule has 3 aliphatic heterocycles. The van der Waals surface area contributed by atoms with E-state index in [9.17, 15) is 27.6 Å². The normalized spacial score (nSPS) is 25.9. The lowest BCUT2D eigenvalue weighted by Crippen LogP contribution is -2.48. The number of ketones is 1. The maximum atomic E-state index is 13.8. The van der Waals surface area contributed by atoms with Crippen LogP contribution in [-0.4, -0.2) is 28.5 Å². The number of hydrogen-bond donors (Lipinski definition) is 0. The van der Waals surface area contributed by atoms with Gasteiger partial charge in [-0.05, 0) is 29.3 Å². The molecule has 2 fully saturated rings. The van der Waals surface area contributed by atoms with Crippen molar-refractivity contribution < 1.29 is 27.6 Å². The number of nitrogens with zero attached hydrogens (tertiary/aromatic N) is 2. The van der Waals surface area contributed by atoms with Crippen molar-refractivity contribution in [1.82, 2.24) is 4.90 Å². The van der Waals surface area contributed by atoms with Crippen LogP contribution in [0.2, 0.25) is 0 Å². The number of halogens is 3. The summed E-state index contributed by atoms with van der Waals surface area (Å²) in [4.78, 5) is 43.4. The molecule has 2 amide bonds. The molecular weight excluding hydrogens is 445 g/mol. The Morgan fingerprint density at radius 2 is 1.50 bits per heavy atom. The SMILES string of the molecule is CC(C)(C)C(=O)[C@@H]1[C@H]2C(=O)N(c3ccccc3C(F)(F)F)C(=O)[C@@H]2[C@H]2c3ccccc3C=CN12. The first-order valence-electron chi connectivity index (χ1n) is 11.1. The van der Waals surface area contributed by atoms with Gasteiger partial charge in [0.25, 0.3) is 0 Å². The second-order valence-electron chi connectivity index (χ2n) is 9.97. The predicted octanol–water partition coefficient (Wildman–Crippen LogP) is 4.84. The standard InChI is InChI=1S/C26H23F3N2O3/c1-25(2,3)22(32)21-19-18(20-15-9-5-4-8-14(15)12-13-30(20)21)23(33)31(24(19)34)17-11-7-6-10-16(17)26(27,28)29/h4-13,18-21H,1-3H3/t18-,19-,20+,21-/m0/s1. The van der Waals surface area contributed by atoms with Crippen molar-refractivity contribution in [3.05, 3.63) is 71.4 Å². The Labute approximate surface area is 194 Å². The number of amides is 2. The van der Waals surface area contributed by atoms with Crippen molar-refractivity contribution in [3.8, 4) is 0 Å². The molecule has 2 aromatic carbocycles. The molecular formula is C26H23F3N2O3. The van der Waals surface area contributed by atoms with Crippen molar-refractivity contribution in [2.45, 2.75) is 39.0 Å². The van der Waals surface area contributed by atoms with Gasteiger partial charge >= 0.3 is 6.18 Å². The Morgan fingerprint density at radius 3 is 2.18 bits per heavy atom. The number of imide groups is 1. The highest BCUT2D eigenvalue weighted by molar-refractivity contribution is 6.24. The molecule has 8 heteroatoms. The lowest BCUT2D eigenvalue weighted by atomic mass is 9.79. The Kier molecular flexibility index (Phi) is 4.80. The molecule has 0 N–H and O–H groups in total. The molecule has 0 aliphatic carbocycles. The molecule has 2 aromatic rings. The van der Waals surface area contributed by atoms with E-state index in [1.54, 1.807) is 31.9 Å². The van der Waals surface area contributed by atoms with Gasteiger partial charge in [-0.2, -0.15) is 13.2 Å². The minimum Gasteiger partial charge on any atom is -0.359 e. The topological polar surface area (TPSA) is 57.7 Å². The number of para-hydroxylation sites is 1. The van der Waals surface area contributed by atoms with Crippen molar-refractivity contribution in [1.29, 1.82) is 0 Å². The zero-order chi connectivity index (χ0) is 24.6. The summed E-state index contributed by atoms with van der Waals surface area (Å²) in [5.74, 6) is -3.77. The van der Waals surface area contributed by atoms with E-state index >= 15 is 0 Å². The van der Waals surface area contributed by atoms with Gasteiger partial charge in [0.2, 0.25) is 11.8 Å². The summed E-state index contributed by atoms with van der Waals surface area (Å²) in [6.07, 6.45) is -1.18. The average Bonchev–Trinajstić information content (AvgIpc) is 3.24. The van der Waals surface area contributed by atoms with Gasteiger partial charge in [-0.1, -0.05) is 57.2 Å². The van der Waals surface area contributed by atoms with Crippen molar-refractivity contribution in [3.63, 3.8) is 0 Å². The summed E-state index contributed by atoms with van der Waals surface area (Å²) in [6.45, 7) is 5.20. The molecule has 4 atom stereocenters. The number of carbonyl (C=O) groups is 3. The lowest BCUT2D eigenvalue weighted by molar-refractivity contribution is -0.138. The molecule has 3 heterocycles. The third-order valence-electron chi connectivity index (χ3n) is 6.92. The van der Waals surface area contributed by atoms with Crippen LogP contribution in [0.25, 0.3) is 6.08 Å². The number of hydrogen-bond acceptors (Lipinski definition) is 4. The molecule has 0 unspecified atom stereocenters. The van der Waals surface area contributed by atoms with E-state index in [2.05, 4.69) is 0 Å². The minimum atomic E-state index is -4.75. The van der Waals surface area contributed by atoms with Crippen molar-refractivity contribution >= 4 is 29.4 Å². The molecule has 0 aromatic heterocycles. The molecule has 176 valence electrons. The van der Waals surface area contributed by atoms with E-state index < -0.39 is 58.6 Å².